The molecule has 0 saturated carbocycles. The number of carboxylic acid groups (broad SMARTS) is 1. The molecule has 0 radical (unpaired) electrons. The summed E-state index contributed by atoms with van der Waals surface area (Å²) in [4.78, 5) is 10.5. The predicted molar refractivity (Wildman–Crippen MR) is 38.0 cm³/mol. The molecule has 0 rings (SSSR count). The van der Waals surface area contributed by atoms with Crippen molar-refractivity contribution in [1.82, 2.24) is 0 Å². The van der Waals surface area contributed by atoms with E-state index in [4.69, 9.17) is 9.84 Å². The highest BCUT2D eigenvalue weighted by Crippen LogP contribution is 2.15. The van der Waals surface area contributed by atoms with Gasteiger partial charge >= 0.3 is 5.97 Å². The topological polar surface area (TPSA) is 46.5 Å². The lowest BCUT2D eigenvalue weighted by Gasteiger charge is -2.21. The highest BCUT2D eigenvalue weighted by Gasteiger charge is 2.31. The molecule has 0 aromatic heterocycles. The van der Waals surface area contributed by atoms with E-state index in [0.717, 1.165) is 6.42 Å². The first kappa shape index (κ1) is 9.43. The zero-order valence-corrected chi connectivity index (χ0v) is 6.68. The number of hydrogen-bond donors (Lipinski definition) is 1. The van der Waals surface area contributed by atoms with Crippen LogP contribution >= 0.6 is 0 Å². The molecule has 0 amide bonds. The number of carboxylic acids is 1. The molecule has 0 aromatic carbocycles. The summed E-state index contributed by atoms with van der Waals surface area (Å²) in [5.41, 5.74) is -0.991. The van der Waals surface area contributed by atoms with Crippen molar-refractivity contribution in [3.8, 4) is 0 Å². The standard InChI is InChI=1S/C7H14O3/c1-4-5-7(2,10-3)6(8)9/h4-5H2,1-3H3,(H,8,9)/t7-/m1/s1. The molecule has 10 heavy (non-hydrogen) atoms. The van der Waals surface area contributed by atoms with Gasteiger partial charge in [0.2, 0.25) is 0 Å². The predicted octanol–water partition coefficient (Wildman–Crippen LogP) is 1.28. The summed E-state index contributed by atoms with van der Waals surface area (Å²) in [6.45, 7) is 3.51. The molecular weight excluding hydrogens is 132 g/mol. The summed E-state index contributed by atoms with van der Waals surface area (Å²) in [5.74, 6) is -0.892. The van der Waals surface area contributed by atoms with Crippen LogP contribution in [0.1, 0.15) is 26.7 Å². The lowest BCUT2D eigenvalue weighted by molar-refractivity contribution is -0.160. The molecular formula is C7H14O3. The fraction of sp³-hybridized carbons (Fsp3) is 0.857. The van der Waals surface area contributed by atoms with Crippen molar-refractivity contribution in [3.63, 3.8) is 0 Å². The Labute approximate surface area is 61.0 Å². The van der Waals surface area contributed by atoms with Gasteiger partial charge in [0.25, 0.3) is 0 Å². The number of hydrogen-bond acceptors (Lipinski definition) is 2. The minimum atomic E-state index is -0.991. The Bertz CT molecular complexity index is 122. The van der Waals surface area contributed by atoms with Gasteiger partial charge in [0.1, 0.15) is 0 Å². The Balaban J connectivity index is 4.08. The van der Waals surface area contributed by atoms with Crippen molar-refractivity contribution in [2.75, 3.05) is 7.11 Å². The van der Waals surface area contributed by atoms with Gasteiger partial charge in [-0.2, -0.15) is 0 Å². The van der Waals surface area contributed by atoms with Crippen LogP contribution in [0.4, 0.5) is 0 Å². The second-order valence-corrected chi connectivity index (χ2v) is 2.49. The number of carbonyl (C=O) groups is 1. The van der Waals surface area contributed by atoms with E-state index in [2.05, 4.69) is 0 Å². The van der Waals surface area contributed by atoms with E-state index in [-0.39, 0.29) is 0 Å². The first-order chi connectivity index (χ1) is 4.56. The van der Waals surface area contributed by atoms with Gasteiger partial charge in [-0.1, -0.05) is 13.3 Å². The number of methoxy groups -OCH3 is 1. The first-order valence-corrected chi connectivity index (χ1v) is 3.35. The summed E-state index contributed by atoms with van der Waals surface area (Å²) in [7, 11) is 1.42. The van der Waals surface area contributed by atoms with Crippen molar-refractivity contribution >= 4 is 5.97 Å². The molecule has 3 nitrogen and oxygen atoms in total. The molecule has 1 atom stereocenters. The van der Waals surface area contributed by atoms with Crippen LogP contribution in [0.2, 0.25) is 0 Å². The molecule has 0 aliphatic heterocycles. The van der Waals surface area contributed by atoms with Gasteiger partial charge in [-0.15, -0.1) is 0 Å². The second-order valence-electron chi connectivity index (χ2n) is 2.49. The number of aliphatic carboxylic acids is 1. The molecule has 0 saturated heterocycles. The maximum atomic E-state index is 10.5. The summed E-state index contributed by atoms with van der Waals surface area (Å²) < 4.78 is 4.84. The third kappa shape index (κ3) is 1.99. The van der Waals surface area contributed by atoms with Crippen LogP contribution < -0.4 is 0 Å². The van der Waals surface area contributed by atoms with Crippen LogP contribution in [0.3, 0.4) is 0 Å². The maximum Gasteiger partial charge on any atom is 0.335 e. The minimum absolute atomic E-state index is 0.554. The largest absolute Gasteiger partial charge is 0.479 e. The van der Waals surface area contributed by atoms with Crippen molar-refractivity contribution in [2.24, 2.45) is 0 Å². The molecule has 60 valence electrons. The van der Waals surface area contributed by atoms with Crippen LogP contribution in [-0.4, -0.2) is 23.8 Å². The average molecular weight is 146 g/mol. The lowest BCUT2D eigenvalue weighted by Crippen LogP contribution is -2.36. The zero-order valence-electron chi connectivity index (χ0n) is 6.68. The Kier molecular flexibility index (Phi) is 3.36. The van der Waals surface area contributed by atoms with E-state index >= 15 is 0 Å². The molecule has 1 N–H and O–H groups in total. The van der Waals surface area contributed by atoms with Gasteiger partial charge in [-0.25, -0.2) is 4.79 Å². The van der Waals surface area contributed by atoms with Crippen molar-refractivity contribution in [3.05, 3.63) is 0 Å². The molecule has 0 heterocycles. The third-order valence-corrected chi connectivity index (χ3v) is 1.63. The quantitative estimate of drug-likeness (QED) is 0.649. The fourth-order valence-electron chi connectivity index (χ4n) is 0.773. The molecule has 0 spiro atoms. The maximum absolute atomic E-state index is 10.5. The normalized spacial score (nSPS) is 16.3. The van der Waals surface area contributed by atoms with E-state index in [1.807, 2.05) is 6.92 Å². The molecule has 0 unspecified atom stereocenters. The molecule has 0 aliphatic carbocycles. The second kappa shape index (κ2) is 3.56. The van der Waals surface area contributed by atoms with Crippen LogP contribution in [0.25, 0.3) is 0 Å². The van der Waals surface area contributed by atoms with Crippen molar-refractivity contribution in [1.29, 1.82) is 0 Å². The Morgan fingerprint density at radius 1 is 1.70 bits per heavy atom. The smallest absolute Gasteiger partial charge is 0.335 e. The zero-order chi connectivity index (χ0) is 8.20. The fourth-order valence-corrected chi connectivity index (χ4v) is 0.773. The molecule has 0 aliphatic rings. The molecule has 3 heteroatoms. The molecule has 0 bridgehead atoms. The summed E-state index contributed by atoms with van der Waals surface area (Å²) in [6.07, 6.45) is 1.37. The number of ether oxygens (including phenoxy) is 1. The lowest BCUT2D eigenvalue weighted by atomic mass is 10.0. The monoisotopic (exact) mass is 146 g/mol. The highest BCUT2D eigenvalue weighted by atomic mass is 16.5. The summed E-state index contributed by atoms with van der Waals surface area (Å²) in [5, 5.41) is 8.64. The molecule has 0 aromatic rings. The van der Waals surface area contributed by atoms with E-state index in [9.17, 15) is 4.79 Å². The Hall–Kier alpha value is -0.570. The summed E-state index contributed by atoms with van der Waals surface area (Å²) in [6, 6.07) is 0. The van der Waals surface area contributed by atoms with Crippen LogP contribution in [0.15, 0.2) is 0 Å². The van der Waals surface area contributed by atoms with Gasteiger partial charge in [-0.3, -0.25) is 0 Å². The van der Waals surface area contributed by atoms with E-state index in [1.54, 1.807) is 6.92 Å². The van der Waals surface area contributed by atoms with E-state index in [1.165, 1.54) is 7.11 Å². The third-order valence-electron chi connectivity index (χ3n) is 1.63. The van der Waals surface area contributed by atoms with Crippen LogP contribution in [0, 0.1) is 0 Å². The van der Waals surface area contributed by atoms with Crippen LogP contribution in [-0.2, 0) is 9.53 Å². The first-order valence-electron chi connectivity index (χ1n) is 3.35. The van der Waals surface area contributed by atoms with Crippen molar-refractivity contribution < 1.29 is 14.6 Å². The van der Waals surface area contributed by atoms with Gasteiger partial charge < -0.3 is 9.84 Å². The van der Waals surface area contributed by atoms with Gasteiger partial charge in [0.15, 0.2) is 5.60 Å². The summed E-state index contributed by atoms with van der Waals surface area (Å²) >= 11 is 0. The highest BCUT2D eigenvalue weighted by molar-refractivity contribution is 5.76. The van der Waals surface area contributed by atoms with Gasteiger partial charge in [0, 0.05) is 7.11 Å². The molecule has 0 fully saturated rings. The van der Waals surface area contributed by atoms with Crippen LogP contribution in [0.5, 0.6) is 0 Å². The minimum Gasteiger partial charge on any atom is -0.479 e. The van der Waals surface area contributed by atoms with E-state index in [0.29, 0.717) is 6.42 Å². The SMILES string of the molecule is CCC[C@@](C)(OC)C(=O)O. The average Bonchev–Trinajstić information content (AvgIpc) is 1.88. The Morgan fingerprint density at radius 3 is 2.30 bits per heavy atom. The van der Waals surface area contributed by atoms with E-state index < -0.39 is 11.6 Å². The Morgan fingerprint density at radius 2 is 2.20 bits per heavy atom. The van der Waals surface area contributed by atoms with Crippen molar-refractivity contribution in [2.45, 2.75) is 32.3 Å². The number of rotatable bonds is 4. The van der Waals surface area contributed by atoms with Gasteiger partial charge in [-0.05, 0) is 13.3 Å². The van der Waals surface area contributed by atoms with Gasteiger partial charge in [0.05, 0.1) is 0 Å².